The molecule has 1 heterocycles. The summed E-state index contributed by atoms with van der Waals surface area (Å²) in [5.74, 6) is -0.367. The minimum atomic E-state index is -0.651. The Hall–Kier alpha value is -2.04. The average Bonchev–Trinajstić information content (AvgIpc) is 2.83. The number of nitrogens with one attached hydrogen (secondary N) is 2. The van der Waals surface area contributed by atoms with Crippen LogP contribution >= 0.6 is 0 Å². The average molecular weight is 304 g/mol. The summed E-state index contributed by atoms with van der Waals surface area (Å²) in [4.78, 5) is 24.6. The number of amides is 2. The van der Waals surface area contributed by atoms with Crippen LogP contribution in [0.25, 0.3) is 0 Å². The van der Waals surface area contributed by atoms with E-state index in [0.29, 0.717) is 12.2 Å². The number of hydrogen-bond acceptors (Lipinski definition) is 3. The van der Waals surface area contributed by atoms with Gasteiger partial charge in [-0.2, -0.15) is 0 Å². The van der Waals surface area contributed by atoms with Crippen molar-refractivity contribution in [1.82, 2.24) is 5.32 Å². The van der Waals surface area contributed by atoms with Crippen molar-refractivity contribution in [1.29, 1.82) is 0 Å². The van der Waals surface area contributed by atoms with Crippen LogP contribution in [0.5, 0.6) is 5.75 Å². The smallest absolute Gasteiger partial charge is 0.237 e. The Kier molecular flexibility index (Phi) is 4.44. The van der Waals surface area contributed by atoms with Crippen LogP contribution in [0.1, 0.15) is 26.3 Å². The summed E-state index contributed by atoms with van der Waals surface area (Å²) in [6.07, 6.45) is 0. The Morgan fingerprint density at radius 2 is 2.05 bits per heavy atom. The topological polar surface area (TPSA) is 67.4 Å². The molecule has 0 radical (unpaired) electrons. The van der Waals surface area contributed by atoms with E-state index >= 15 is 0 Å². The van der Waals surface area contributed by atoms with Crippen LogP contribution < -0.4 is 15.4 Å². The summed E-state index contributed by atoms with van der Waals surface area (Å²) in [7, 11) is 1.60. The summed E-state index contributed by atoms with van der Waals surface area (Å²) in [5.41, 5.74) is 1.49. The van der Waals surface area contributed by atoms with Crippen molar-refractivity contribution in [2.24, 2.45) is 17.3 Å². The fourth-order valence-electron chi connectivity index (χ4n) is 2.84. The summed E-state index contributed by atoms with van der Waals surface area (Å²) >= 11 is 0. The maximum atomic E-state index is 12.6. The summed E-state index contributed by atoms with van der Waals surface area (Å²) in [6.45, 7) is 8.60. The fraction of sp³-hybridized carbons (Fsp3) is 0.529. The van der Waals surface area contributed by atoms with Crippen molar-refractivity contribution in [2.75, 3.05) is 19.0 Å². The van der Waals surface area contributed by atoms with Gasteiger partial charge in [-0.05, 0) is 36.1 Å². The number of carbonyl (C=O) groups excluding carboxylic acids is 2. The van der Waals surface area contributed by atoms with E-state index in [0.717, 1.165) is 11.3 Å². The third-order valence-corrected chi connectivity index (χ3v) is 4.27. The molecule has 2 atom stereocenters. The molecule has 1 fully saturated rings. The number of aryl methyl sites for hydroxylation is 1. The number of rotatable bonds is 3. The number of methoxy groups -OCH3 is 1. The molecular weight excluding hydrogens is 280 g/mol. The van der Waals surface area contributed by atoms with Gasteiger partial charge in [0.05, 0.1) is 7.11 Å². The van der Waals surface area contributed by atoms with Gasteiger partial charge in [-0.15, -0.1) is 0 Å². The van der Waals surface area contributed by atoms with Crippen molar-refractivity contribution in [2.45, 2.75) is 27.7 Å². The van der Waals surface area contributed by atoms with Crippen LogP contribution in [0.15, 0.2) is 18.2 Å². The van der Waals surface area contributed by atoms with Crippen molar-refractivity contribution < 1.29 is 14.3 Å². The lowest BCUT2D eigenvalue weighted by molar-refractivity contribution is -0.132. The first-order valence-electron chi connectivity index (χ1n) is 7.47. The van der Waals surface area contributed by atoms with E-state index in [1.54, 1.807) is 19.2 Å². The second kappa shape index (κ2) is 5.99. The molecule has 0 aliphatic carbocycles. The first kappa shape index (κ1) is 16.3. The van der Waals surface area contributed by atoms with E-state index in [9.17, 15) is 9.59 Å². The van der Waals surface area contributed by atoms with E-state index in [1.165, 1.54) is 0 Å². The summed E-state index contributed by atoms with van der Waals surface area (Å²) < 4.78 is 5.16. The maximum absolute atomic E-state index is 12.6. The summed E-state index contributed by atoms with van der Waals surface area (Å²) in [5, 5.41) is 5.69. The summed E-state index contributed by atoms with van der Waals surface area (Å²) in [6, 6.07) is 5.44. The molecule has 1 aliphatic rings. The Bertz CT molecular complexity index is 590. The minimum absolute atomic E-state index is 0.0152. The van der Waals surface area contributed by atoms with Crippen LogP contribution in [0.4, 0.5) is 5.69 Å². The number of benzene rings is 1. The van der Waals surface area contributed by atoms with E-state index in [2.05, 4.69) is 31.4 Å². The highest BCUT2D eigenvalue weighted by Crippen LogP contribution is 2.36. The number of ether oxygens (including phenoxy) is 1. The normalized spacial score (nSPS) is 21.4. The van der Waals surface area contributed by atoms with Gasteiger partial charge in [0, 0.05) is 18.2 Å². The molecule has 0 saturated carbocycles. The zero-order valence-electron chi connectivity index (χ0n) is 13.8. The maximum Gasteiger partial charge on any atom is 0.237 e. The molecule has 2 rings (SSSR count). The van der Waals surface area contributed by atoms with Gasteiger partial charge in [-0.25, -0.2) is 0 Å². The van der Waals surface area contributed by atoms with E-state index in [-0.39, 0.29) is 23.1 Å². The standard InChI is InChI=1S/C17H24N2O3/c1-10-8-11(22-5)6-7-13(10)19-16(21)14-12(17(2,3)4)9-18-15(14)20/h6-8,12,14H,9H2,1-5H3,(H,18,20)(H,19,21)/t12-,14+/m1/s1. The SMILES string of the molecule is COc1ccc(NC(=O)[C@@H]2C(=O)NC[C@H]2C(C)(C)C)c(C)c1. The van der Waals surface area contributed by atoms with Crippen LogP contribution in [0, 0.1) is 24.2 Å². The lowest BCUT2D eigenvalue weighted by Crippen LogP contribution is -2.37. The molecule has 0 spiro atoms. The molecule has 1 aromatic rings. The molecule has 5 heteroatoms. The molecule has 22 heavy (non-hydrogen) atoms. The van der Waals surface area contributed by atoms with Gasteiger partial charge in [-0.3, -0.25) is 9.59 Å². The zero-order chi connectivity index (χ0) is 16.5. The molecule has 5 nitrogen and oxygen atoms in total. The van der Waals surface area contributed by atoms with Gasteiger partial charge >= 0.3 is 0 Å². The first-order valence-corrected chi connectivity index (χ1v) is 7.47. The second-order valence-electron chi connectivity index (χ2n) is 6.87. The van der Waals surface area contributed by atoms with Gasteiger partial charge in [0.2, 0.25) is 11.8 Å². The van der Waals surface area contributed by atoms with Crippen LogP contribution in [-0.2, 0) is 9.59 Å². The van der Waals surface area contributed by atoms with Crippen LogP contribution in [0.3, 0.4) is 0 Å². The fourth-order valence-corrected chi connectivity index (χ4v) is 2.84. The number of anilines is 1. The predicted octanol–water partition coefficient (Wildman–Crippen LogP) is 2.35. The van der Waals surface area contributed by atoms with Gasteiger partial charge in [0.1, 0.15) is 11.7 Å². The third kappa shape index (κ3) is 3.24. The second-order valence-corrected chi connectivity index (χ2v) is 6.87. The molecule has 2 N–H and O–H groups in total. The Labute approximate surface area is 131 Å². The van der Waals surface area contributed by atoms with E-state index in [1.807, 2.05) is 13.0 Å². The van der Waals surface area contributed by atoms with Gasteiger partial charge in [-0.1, -0.05) is 20.8 Å². The van der Waals surface area contributed by atoms with E-state index in [4.69, 9.17) is 4.74 Å². The molecule has 0 bridgehead atoms. The largest absolute Gasteiger partial charge is 0.497 e. The van der Waals surface area contributed by atoms with Crippen molar-refractivity contribution in [3.8, 4) is 5.75 Å². The molecule has 0 aromatic heterocycles. The Morgan fingerprint density at radius 3 is 2.59 bits per heavy atom. The predicted molar refractivity (Wildman–Crippen MR) is 85.8 cm³/mol. The monoisotopic (exact) mass is 304 g/mol. The van der Waals surface area contributed by atoms with Crippen molar-refractivity contribution in [3.63, 3.8) is 0 Å². The van der Waals surface area contributed by atoms with Gasteiger partial charge in [0.25, 0.3) is 0 Å². The molecule has 1 aromatic carbocycles. The van der Waals surface area contributed by atoms with Gasteiger partial charge in [0.15, 0.2) is 0 Å². The molecular formula is C17H24N2O3. The lowest BCUT2D eigenvalue weighted by Gasteiger charge is -2.29. The van der Waals surface area contributed by atoms with Crippen molar-refractivity contribution >= 4 is 17.5 Å². The minimum Gasteiger partial charge on any atom is -0.497 e. The molecule has 2 amide bonds. The van der Waals surface area contributed by atoms with Crippen LogP contribution in [-0.4, -0.2) is 25.5 Å². The first-order chi connectivity index (χ1) is 10.2. The highest BCUT2D eigenvalue weighted by molar-refractivity contribution is 6.08. The Morgan fingerprint density at radius 1 is 1.36 bits per heavy atom. The van der Waals surface area contributed by atoms with Gasteiger partial charge < -0.3 is 15.4 Å². The highest BCUT2D eigenvalue weighted by Gasteiger charge is 2.45. The molecule has 1 saturated heterocycles. The number of hydrogen-bond donors (Lipinski definition) is 2. The van der Waals surface area contributed by atoms with E-state index < -0.39 is 5.92 Å². The molecule has 120 valence electrons. The Balaban J connectivity index is 2.19. The molecule has 0 unspecified atom stereocenters. The highest BCUT2D eigenvalue weighted by atomic mass is 16.5. The third-order valence-electron chi connectivity index (χ3n) is 4.27. The van der Waals surface area contributed by atoms with Crippen LogP contribution in [0.2, 0.25) is 0 Å². The lowest BCUT2D eigenvalue weighted by atomic mass is 9.74. The quantitative estimate of drug-likeness (QED) is 0.842. The van der Waals surface area contributed by atoms with Crippen molar-refractivity contribution in [3.05, 3.63) is 23.8 Å². The molecule has 1 aliphatic heterocycles. The zero-order valence-corrected chi connectivity index (χ0v) is 13.8. The number of carbonyl (C=O) groups is 2.